The van der Waals surface area contributed by atoms with Gasteiger partial charge < -0.3 is 9.88 Å². The van der Waals surface area contributed by atoms with Crippen LogP contribution in [0.3, 0.4) is 0 Å². The normalized spacial score (nSPS) is 10.7. The molecule has 0 fully saturated rings. The van der Waals surface area contributed by atoms with Crippen molar-refractivity contribution >= 4 is 23.1 Å². The van der Waals surface area contributed by atoms with Crippen LogP contribution in [0.2, 0.25) is 0 Å². The summed E-state index contributed by atoms with van der Waals surface area (Å²) in [6, 6.07) is 14.0. The lowest BCUT2D eigenvalue weighted by molar-refractivity contribution is -0.114. The van der Waals surface area contributed by atoms with Gasteiger partial charge in [-0.2, -0.15) is 0 Å². The maximum atomic E-state index is 11.4. The van der Waals surface area contributed by atoms with Crippen molar-refractivity contribution in [3.63, 3.8) is 0 Å². The standard InChI is InChI=1S/C23H21N5OS/c1-3-12-28-13-11-25-22(28)21-19(14-17-7-5-4-6-8-17)27-23(30-21)18-9-10-24-20(15-18)26-16(2)29/h3-11,13,15H,1,12,14H2,2H3,(H,24,26,29). The molecule has 4 rings (SSSR count). The minimum Gasteiger partial charge on any atom is -0.326 e. The molecule has 4 aromatic rings. The first-order chi connectivity index (χ1) is 14.6. The zero-order valence-corrected chi connectivity index (χ0v) is 17.4. The van der Waals surface area contributed by atoms with Gasteiger partial charge in [-0.25, -0.2) is 15.0 Å². The van der Waals surface area contributed by atoms with Gasteiger partial charge in [0, 0.05) is 44.0 Å². The summed E-state index contributed by atoms with van der Waals surface area (Å²) in [6.45, 7) is 5.99. The minimum atomic E-state index is -0.157. The second-order valence-electron chi connectivity index (χ2n) is 6.76. The lowest BCUT2D eigenvalue weighted by Crippen LogP contribution is -2.07. The Morgan fingerprint density at radius 2 is 2.03 bits per heavy atom. The third-order valence-electron chi connectivity index (χ3n) is 4.47. The lowest BCUT2D eigenvalue weighted by Gasteiger charge is -2.05. The fourth-order valence-corrected chi connectivity index (χ4v) is 4.27. The van der Waals surface area contributed by atoms with Crippen molar-refractivity contribution < 1.29 is 4.79 Å². The zero-order valence-electron chi connectivity index (χ0n) is 16.6. The van der Waals surface area contributed by atoms with Crippen LogP contribution in [-0.2, 0) is 17.8 Å². The molecule has 6 nitrogen and oxygen atoms in total. The third kappa shape index (κ3) is 4.36. The molecule has 0 radical (unpaired) electrons. The number of pyridine rings is 1. The summed E-state index contributed by atoms with van der Waals surface area (Å²) in [5, 5.41) is 3.59. The van der Waals surface area contributed by atoms with Crippen molar-refractivity contribution in [2.24, 2.45) is 0 Å². The number of amides is 1. The highest BCUT2D eigenvalue weighted by Crippen LogP contribution is 2.36. The molecule has 0 aliphatic heterocycles. The van der Waals surface area contributed by atoms with E-state index >= 15 is 0 Å². The summed E-state index contributed by atoms with van der Waals surface area (Å²) >= 11 is 1.59. The predicted octanol–water partition coefficient (Wildman–Crippen LogP) is 4.80. The number of anilines is 1. The van der Waals surface area contributed by atoms with E-state index in [-0.39, 0.29) is 5.91 Å². The van der Waals surface area contributed by atoms with Gasteiger partial charge in [0.15, 0.2) is 5.82 Å². The van der Waals surface area contributed by atoms with Crippen molar-refractivity contribution in [2.45, 2.75) is 19.9 Å². The molecule has 0 aliphatic carbocycles. The van der Waals surface area contributed by atoms with Gasteiger partial charge in [-0.3, -0.25) is 4.79 Å². The van der Waals surface area contributed by atoms with Crippen LogP contribution in [0.15, 0.2) is 73.7 Å². The molecule has 0 saturated carbocycles. The number of nitrogens with one attached hydrogen (secondary N) is 1. The summed E-state index contributed by atoms with van der Waals surface area (Å²) in [7, 11) is 0. The Morgan fingerprint density at radius 1 is 1.20 bits per heavy atom. The SMILES string of the molecule is C=CCn1ccnc1-c1sc(-c2ccnc(NC(C)=O)c2)nc1Cc1ccccc1. The monoisotopic (exact) mass is 415 g/mol. The van der Waals surface area contributed by atoms with Crippen LogP contribution in [0.25, 0.3) is 21.3 Å². The van der Waals surface area contributed by atoms with Gasteiger partial charge in [0.25, 0.3) is 0 Å². The highest BCUT2D eigenvalue weighted by molar-refractivity contribution is 7.18. The van der Waals surface area contributed by atoms with Crippen molar-refractivity contribution in [3.05, 3.63) is 85.0 Å². The molecule has 1 amide bonds. The number of hydrogen-bond donors (Lipinski definition) is 1. The Kier molecular flexibility index (Phi) is 5.81. The molecule has 30 heavy (non-hydrogen) atoms. The van der Waals surface area contributed by atoms with Gasteiger partial charge >= 0.3 is 0 Å². The van der Waals surface area contributed by atoms with E-state index < -0.39 is 0 Å². The molecule has 0 bridgehead atoms. The molecule has 0 saturated heterocycles. The predicted molar refractivity (Wildman–Crippen MR) is 120 cm³/mol. The second-order valence-corrected chi connectivity index (χ2v) is 7.76. The first-order valence-corrected chi connectivity index (χ1v) is 10.4. The van der Waals surface area contributed by atoms with Crippen LogP contribution < -0.4 is 5.32 Å². The van der Waals surface area contributed by atoms with E-state index in [4.69, 9.17) is 4.98 Å². The number of carbonyl (C=O) groups excluding carboxylic acids is 1. The Bertz CT molecular complexity index is 1180. The van der Waals surface area contributed by atoms with Crippen LogP contribution in [0, 0.1) is 0 Å². The van der Waals surface area contributed by atoms with Crippen LogP contribution in [0.5, 0.6) is 0 Å². The number of thiazole rings is 1. The fourth-order valence-electron chi connectivity index (χ4n) is 3.18. The van der Waals surface area contributed by atoms with Crippen molar-refractivity contribution in [1.29, 1.82) is 0 Å². The number of aromatic nitrogens is 4. The Morgan fingerprint density at radius 3 is 2.80 bits per heavy atom. The van der Waals surface area contributed by atoms with Gasteiger partial charge in [-0.15, -0.1) is 17.9 Å². The first-order valence-electron chi connectivity index (χ1n) is 9.54. The van der Waals surface area contributed by atoms with E-state index in [1.165, 1.54) is 12.5 Å². The molecule has 3 aromatic heterocycles. The zero-order chi connectivity index (χ0) is 20.9. The number of carbonyl (C=O) groups is 1. The van der Waals surface area contributed by atoms with Crippen molar-refractivity contribution in [3.8, 4) is 21.3 Å². The molecule has 0 aliphatic rings. The van der Waals surface area contributed by atoms with Crippen LogP contribution in [-0.4, -0.2) is 25.4 Å². The van der Waals surface area contributed by atoms with Crippen LogP contribution in [0.1, 0.15) is 18.2 Å². The van der Waals surface area contributed by atoms with Gasteiger partial charge in [0.05, 0.1) is 10.6 Å². The molecule has 150 valence electrons. The summed E-state index contributed by atoms with van der Waals surface area (Å²) in [5.41, 5.74) is 3.06. The lowest BCUT2D eigenvalue weighted by atomic mass is 10.1. The van der Waals surface area contributed by atoms with E-state index in [9.17, 15) is 4.79 Å². The quantitative estimate of drug-likeness (QED) is 0.440. The average molecular weight is 416 g/mol. The van der Waals surface area contributed by atoms with E-state index in [1.807, 2.05) is 42.6 Å². The van der Waals surface area contributed by atoms with E-state index in [0.717, 1.165) is 27.0 Å². The smallest absolute Gasteiger partial charge is 0.222 e. The van der Waals surface area contributed by atoms with Crippen molar-refractivity contribution in [1.82, 2.24) is 19.5 Å². The number of benzene rings is 1. The Labute approximate surface area is 179 Å². The molecule has 1 N–H and O–H groups in total. The Hall–Kier alpha value is -3.58. The summed E-state index contributed by atoms with van der Waals surface area (Å²) in [5.74, 6) is 1.23. The van der Waals surface area contributed by atoms with Gasteiger partial charge in [0.1, 0.15) is 10.8 Å². The van der Waals surface area contributed by atoms with Gasteiger partial charge in [0.2, 0.25) is 5.91 Å². The molecular formula is C23H21N5OS. The topological polar surface area (TPSA) is 72.7 Å². The number of hydrogen-bond acceptors (Lipinski definition) is 5. The van der Waals surface area contributed by atoms with Crippen molar-refractivity contribution in [2.75, 3.05) is 5.32 Å². The largest absolute Gasteiger partial charge is 0.326 e. The molecule has 0 atom stereocenters. The molecule has 1 aromatic carbocycles. The molecular weight excluding hydrogens is 394 g/mol. The average Bonchev–Trinajstić information content (AvgIpc) is 3.35. The highest BCUT2D eigenvalue weighted by atomic mass is 32.1. The van der Waals surface area contributed by atoms with Crippen LogP contribution in [0.4, 0.5) is 5.82 Å². The third-order valence-corrected chi connectivity index (χ3v) is 5.61. The molecule has 0 unspecified atom stereocenters. The summed E-state index contributed by atoms with van der Waals surface area (Å²) < 4.78 is 2.06. The number of nitrogens with zero attached hydrogens (tertiary/aromatic N) is 4. The summed E-state index contributed by atoms with van der Waals surface area (Å²) in [4.78, 5) is 26.2. The molecule has 0 spiro atoms. The van der Waals surface area contributed by atoms with E-state index in [1.54, 1.807) is 23.7 Å². The highest BCUT2D eigenvalue weighted by Gasteiger charge is 2.19. The molecule has 7 heteroatoms. The fraction of sp³-hybridized carbons (Fsp3) is 0.130. The maximum absolute atomic E-state index is 11.4. The summed E-state index contributed by atoms with van der Waals surface area (Å²) in [6.07, 6.45) is 7.98. The maximum Gasteiger partial charge on any atom is 0.222 e. The minimum absolute atomic E-state index is 0.157. The number of rotatable bonds is 7. The first kappa shape index (κ1) is 19.7. The Balaban J connectivity index is 1.78. The van der Waals surface area contributed by atoms with Gasteiger partial charge in [-0.05, 0) is 17.7 Å². The van der Waals surface area contributed by atoms with E-state index in [2.05, 4.69) is 38.6 Å². The molecule has 3 heterocycles. The van der Waals surface area contributed by atoms with E-state index in [0.29, 0.717) is 18.8 Å². The van der Waals surface area contributed by atoms with Crippen LogP contribution >= 0.6 is 11.3 Å². The number of imidazole rings is 1. The number of allylic oxidation sites excluding steroid dienone is 1. The van der Waals surface area contributed by atoms with Gasteiger partial charge in [-0.1, -0.05) is 36.4 Å². The second kappa shape index (κ2) is 8.84.